The van der Waals surface area contributed by atoms with Crippen LogP contribution in [0.4, 0.5) is 5.82 Å². The molecule has 2 aliphatic heterocycles. The molecular formula is C24H17N5O2Pt. The van der Waals surface area contributed by atoms with E-state index in [1.165, 1.54) is 5.56 Å². The molecule has 0 unspecified atom stereocenters. The van der Waals surface area contributed by atoms with Crippen molar-refractivity contribution < 1.29 is 30.5 Å². The standard InChI is InChI=1S/C24H17N5O2.Pt/c1-14-8-16(10-19-18(14)4-6-29-21(25-3)12-27-24(19)29)31-17-9-15(2)22-20(11-17)23-26-5-7-28(23)13-30-22;/h5,7-9,12H,4,6,13H2,1-2H3;/q-2;+2. The fourth-order valence-electron chi connectivity index (χ4n) is 4.35. The van der Waals surface area contributed by atoms with Crippen molar-refractivity contribution in [2.24, 2.45) is 0 Å². The minimum absolute atomic E-state index is 0. The van der Waals surface area contributed by atoms with Crippen molar-refractivity contribution in [3.8, 4) is 40.0 Å². The first-order chi connectivity index (χ1) is 15.1. The number of imidazole rings is 2. The first kappa shape index (κ1) is 20.5. The number of ether oxygens (including phenoxy) is 2. The number of hydrogen-bond donors (Lipinski definition) is 0. The fourth-order valence-corrected chi connectivity index (χ4v) is 4.35. The Bertz CT molecular complexity index is 1410. The van der Waals surface area contributed by atoms with Crippen LogP contribution < -0.4 is 9.47 Å². The second-order valence-corrected chi connectivity index (χ2v) is 7.74. The van der Waals surface area contributed by atoms with Crippen molar-refractivity contribution in [1.29, 1.82) is 0 Å². The summed E-state index contributed by atoms with van der Waals surface area (Å²) < 4.78 is 16.0. The maximum Gasteiger partial charge on any atom is 2.00 e. The predicted molar refractivity (Wildman–Crippen MR) is 113 cm³/mol. The van der Waals surface area contributed by atoms with Crippen LogP contribution in [-0.4, -0.2) is 19.1 Å². The number of aryl methyl sites for hydroxylation is 2. The molecule has 0 spiro atoms. The van der Waals surface area contributed by atoms with Crippen molar-refractivity contribution in [1.82, 2.24) is 19.1 Å². The van der Waals surface area contributed by atoms with Gasteiger partial charge in [-0.05, 0) is 6.42 Å². The molecule has 8 heteroatoms. The SMILES string of the molecule is [C-]#[N+]c1cnc2n1CCc1c-2[c-]c(Oc2[c-]c3c(c(C)c2)OCn2ccnc2-3)cc1C.[Pt+2]. The molecular weight excluding hydrogens is 585 g/mol. The number of hydrogen-bond acceptors (Lipinski definition) is 4. The zero-order valence-electron chi connectivity index (χ0n) is 17.4. The molecule has 0 radical (unpaired) electrons. The van der Waals surface area contributed by atoms with Gasteiger partial charge in [-0.3, -0.25) is 9.97 Å². The first-order valence-corrected chi connectivity index (χ1v) is 10.0. The van der Waals surface area contributed by atoms with Crippen LogP contribution in [0.2, 0.25) is 0 Å². The van der Waals surface area contributed by atoms with E-state index in [1.54, 1.807) is 12.4 Å². The summed E-state index contributed by atoms with van der Waals surface area (Å²) in [6.07, 6.45) is 6.10. The largest absolute Gasteiger partial charge is 2.00 e. The van der Waals surface area contributed by atoms with Crippen LogP contribution in [0.1, 0.15) is 16.7 Å². The van der Waals surface area contributed by atoms with Crippen LogP contribution in [0.5, 0.6) is 17.2 Å². The Morgan fingerprint density at radius 2 is 1.88 bits per heavy atom. The van der Waals surface area contributed by atoms with Gasteiger partial charge in [0.05, 0.1) is 12.4 Å². The van der Waals surface area contributed by atoms with Crippen LogP contribution in [-0.2, 0) is 40.8 Å². The van der Waals surface area contributed by atoms with Crippen LogP contribution >= 0.6 is 0 Å². The predicted octanol–water partition coefficient (Wildman–Crippen LogP) is 4.88. The number of rotatable bonds is 2. The summed E-state index contributed by atoms with van der Waals surface area (Å²) in [5.74, 6) is 4.08. The minimum atomic E-state index is 0. The minimum Gasteiger partial charge on any atom is -0.519 e. The topological polar surface area (TPSA) is 58.5 Å². The van der Waals surface area contributed by atoms with Gasteiger partial charge in [-0.2, -0.15) is 0 Å². The molecule has 7 nitrogen and oxygen atoms in total. The average Bonchev–Trinajstić information content (AvgIpc) is 3.40. The van der Waals surface area contributed by atoms with Gasteiger partial charge in [-0.15, -0.1) is 11.1 Å². The molecule has 0 fully saturated rings. The Hall–Kier alpha value is -3.36. The number of nitrogens with zero attached hydrogens (tertiary/aromatic N) is 5. The van der Waals surface area contributed by atoms with E-state index in [4.69, 9.17) is 16.0 Å². The van der Waals surface area contributed by atoms with Crippen molar-refractivity contribution in [3.63, 3.8) is 0 Å². The maximum atomic E-state index is 7.36. The van der Waals surface area contributed by atoms with Crippen molar-refractivity contribution in [2.75, 3.05) is 0 Å². The molecule has 0 aliphatic carbocycles. The van der Waals surface area contributed by atoms with E-state index in [0.29, 0.717) is 24.0 Å². The molecule has 4 heterocycles. The van der Waals surface area contributed by atoms with Gasteiger partial charge in [0.2, 0.25) is 5.82 Å². The van der Waals surface area contributed by atoms with Gasteiger partial charge in [0.25, 0.3) is 0 Å². The second-order valence-electron chi connectivity index (χ2n) is 7.74. The molecule has 6 rings (SSSR count). The fraction of sp³-hybridized carbons (Fsp3) is 0.208. The van der Waals surface area contributed by atoms with E-state index in [-0.39, 0.29) is 21.1 Å². The zero-order valence-corrected chi connectivity index (χ0v) is 19.6. The Balaban J connectivity index is 0.00000216. The summed E-state index contributed by atoms with van der Waals surface area (Å²) in [6, 6.07) is 10.6. The molecule has 2 aromatic heterocycles. The van der Waals surface area contributed by atoms with Gasteiger partial charge in [-0.25, -0.2) is 0 Å². The van der Waals surface area contributed by atoms with Gasteiger partial charge in [0, 0.05) is 35.8 Å². The van der Waals surface area contributed by atoms with E-state index in [1.807, 2.05) is 34.4 Å². The van der Waals surface area contributed by atoms with Gasteiger partial charge in [0.1, 0.15) is 12.6 Å². The molecule has 0 saturated carbocycles. The monoisotopic (exact) mass is 602 g/mol. The van der Waals surface area contributed by atoms with E-state index >= 15 is 0 Å². The molecule has 160 valence electrons. The second kappa shape index (κ2) is 7.65. The van der Waals surface area contributed by atoms with Gasteiger partial charge >= 0.3 is 21.1 Å². The van der Waals surface area contributed by atoms with E-state index in [9.17, 15) is 0 Å². The van der Waals surface area contributed by atoms with Crippen LogP contribution in [0, 0.1) is 32.6 Å². The molecule has 0 atom stereocenters. The number of benzene rings is 2. The Kier molecular flexibility index (Phi) is 4.91. The Labute approximate surface area is 199 Å². The molecule has 0 N–H and O–H groups in total. The molecule has 4 aromatic rings. The van der Waals surface area contributed by atoms with Gasteiger partial charge < -0.3 is 23.5 Å². The average molecular weight is 603 g/mol. The third-order valence-electron chi connectivity index (χ3n) is 5.82. The van der Waals surface area contributed by atoms with Crippen LogP contribution in [0.15, 0.2) is 30.7 Å². The summed E-state index contributed by atoms with van der Waals surface area (Å²) in [4.78, 5) is 12.5. The summed E-state index contributed by atoms with van der Waals surface area (Å²) >= 11 is 0. The molecule has 0 bridgehead atoms. The third-order valence-corrected chi connectivity index (χ3v) is 5.82. The summed E-state index contributed by atoms with van der Waals surface area (Å²) in [5.41, 5.74) is 4.96. The first-order valence-electron chi connectivity index (χ1n) is 10.0. The van der Waals surface area contributed by atoms with Crippen LogP contribution in [0.25, 0.3) is 27.6 Å². The van der Waals surface area contributed by atoms with E-state index in [0.717, 1.165) is 52.6 Å². The summed E-state index contributed by atoms with van der Waals surface area (Å²) in [7, 11) is 0. The molecule has 32 heavy (non-hydrogen) atoms. The molecule has 0 amide bonds. The van der Waals surface area contributed by atoms with Crippen molar-refractivity contribution in [2.45, 2.75) is 33.5 Å². The maximum absolute atomic E-state index is 7.36. The normalized spacial score (nSPS) is 12.9. The van der Waals surface area contributed by atoms with Crippen molar-refractivity contribution >= 4 is 5.82 Å². The number of fused-ring (bicyclic) bond motifs is 6. The summed E-state index contributed by atoms with van der Waals surface area (Å²) in [5, 5.41) is 0. The number of aromatic nitrogens is 4. The Morgan fingerprint density at radius 1 is 1.09 bits per heavy atom. The third kappa shape index (κ3) is 3.06. The van der Waals surface area contributed by atoms with Gasteiger partial charge in [0.15, 0.2) is 0 Å². The smallest absolute Gasteiger partial charge is 0.519 e. The zero-order chi connectivity index (χ0) is 21.1. The molecule has 0 saturated heterocycles. The van der Waals surface area contributed by atoms with Gasteiger partial charge in [-0.1, -0.05) is 61.4 Å². The summed E-state index contributed by atoms with van der Waals surface area (Å²) in [6.45, 7) is 12.6. The van der Waals surface area contributed by atoms with Crippen molar-refractivity contribution in [3.05, 3.63) is 71.0 Å². The van der Waals surface area contributed by atoms with E-state index < -0.39 is 0 Å². The Morgan fingerprint density at radius 3 is 2.69 bits per heavy atom. The van der Waals surface area contributed by atoms with E-state index in [2.05, 4.69) is 33.9 Å². The van der Waals surface area contributed by atoms with Crippen LogP contribution in [0.3, 0.4) is 0 Å². The molecule has 2 aliphatic rings. The quantitative estimate of drug-likeness (QED) is 0.307. The molecule has 2 aromatic carbocycles.